The average molecular weight is 301 g/mol. The summed E-state index contributed by atoms with van der Waals surface area (Å²) in [6.45, 7) is 4.63. The molecule has 0 bridgehead atoms. The fourth-order valence-electron chi connectivity index (χ4n) is 1.88. The first kappa shape index (κ1) is 13.7. The van der Waals surface area contributed by atoms with Gasteiger partial charge in [-0.15, -0.1) is 11.3 Å². The number of aromatic amines is 1. The predicted octanol–water partition coefficient (Wildman–Crippen LogP) is 2.47. The Morgan fingerprint density at radius 3 is 3.05 bits per heavy atom. The second kappa shape index (κ2) is 5.61. The van der Waals surface area contributed by atoms with E-state index < -0.39 is 0 Å². The van der Waals surface area contributed by atoms with Gasteiger partial charge in [0.25, 0.3) is 5.91 Å². The zero-order chi connectivity index (χ0) is 14.8. The van der Waals surface area contributed by atoms with Gasteiger partial charge in [0.15, 0.2) is 0 Å². The summed E-state index contributed by atoms with van der Waals surface area (Å²) in [4.78, 5) is 20.8. The molecule has 0 unspecified atom stereocenters. The number of H-pyrrole nitrogens is 1. The van der Waals surface area contributed by atoms with E-state index in [0.717, 1.165) is 21.7 Å². The van der Waals surface area contributed by atoms with Crippen molar-refractivity contribution in [1.29, 1.82) is 0 Å². The number of pyridine rings is 1. The molecule has 0 saturated heterocycles. The minimum absolute atomic E-state index is 0.166. The van der Waals surface area contributed by atoms with Gasteiger partial charge in [0.05, 0.1) is 29.5 Å². The number of nitrogens with one attached hydrogen (secondary N) is 2. The van der Waals surface area contributed by atoms with Gasteiger partial charge in [0.2, 0.25) is 0 Å². The summed E-state index contributed by atoms with van der Waals surface area (Å²) in [5.74, 6) is 0.234. The third kappa shape index (κ3) is 2.92. The number of thiazole rings is 1. The molecule has 2 N–H and O–H groups in total. The molecule has 7 heteroatoms. The Bertz CT molecular complexity index is 776. The Morgan fingerprint density at radius 2 is 2.29 bits per heavy atom. The lowest BCUT2D eigenvalue weighted by molar-refractivity contribution is 0.0950. The number of carbonyl (C=O) groups excluding carboxylic acids is 1. The molecule has 3 rings (SSSR count). The monoisotopic (exact) mass is 301 g/mol. The van der Waals surface area contributed by atoms with Gasteiger partial charge in [-0.25, -0.2) is 4.98 Å². The highest BCUT2D eigenvalue weighted by molar-refractivity contribution is 7.09. The fraction of sp³-hybridized carbons (Fsp3) is 0.286. The maximum atomic E-state index is 12.1. The normalized spacial score (nSPS) is 11.2. The van der Waals surface area contributed by atoms with Gasteiger partial charge in [0, 0.05) is 11.6 Å². The third-order valence-corrected chi connectivity index (χ3v) is 3.98. The number of fused-ring (bicyclic) bond motifs is 1. The van der Waals surface area contributed by atoms with Crippen LogP contribution >= 0.6 is 11.3 Å². The Balaban J connectivity index is 1.67. The van der Waals surface area contributed by atoms with E-state index in [2.05, 4.69) is 39.3 Å². The van der Waals surface area contributed by atoms with E-state index in [1.165, 1.54) is 0 Å². The summed E-state index contributed by atoms with van der Waals surface area (Å²) in [5, 5.41) is 12.5. The van der Waals surface area contributed by atoms with Gasteiger partial charge < -0.3 is 5.32 Å². The Morgan fingerprint density at radius 1 is 1.43 bits per heavy atom. The molecule has 3 aromatic rings. The quantitative estimate of drug-likeness (QED) is 0.775. The number of amides is 1. The van der Waals surface area contributed by atoms with E-state index in [1.807, 2.05) is 5.38 Å². The predicted molar refractivity (Wildman–Crippen MR) is 81.3 cm³/mol. The third-order valence-electron chi connectivity index (χ3n) is 3.11. The molecule has 6 nitrogen and oxygen atoms in total. The number of aromatic nitrogens is 4. The van der Waals surface area contributed by atoms with Crippen LogP contribution in [-0.2, 0) is 6.54 Å². The smallest absolute Gasteiger partial charge is 0.253 e. The largest absolute Gasteiger partial charge is 0.345 e. The molecule has 0 saturated carbocycles. The van der Waals surface area contributed by atoms with Gasteiger partial charge in [-0.05, 0) is 12.0 Å². The van der Waals surface area contributed by atoms with Gasteiger partial charge in [-0.3, -0.25) is 14.9 Å². The topological polar surface area (TPSA) is 83.6 Å². The maximum absolute atomic E-state index is 12.1. The molecule has 0 aromatic carbocycles. The first-order valence-electron chi connectivity index (χ1n) is 6.65. The van der Waals surface area contributed by atoms with Crippen molar-refractivity contribution in [2.24, 2.45) is 0 Å². The minimum atomic E-state index is -0.166. The van der Waals surface area contributed by atoms with Crippen LogP contribution in [0.25, 0.3) is 11.0 Å². The van der Waals surface area contributed by atoms with Crippen LogP contribution in [0.5, 0.6) is 0 Å². The summed E-state index contributed by atoms with van der Waals surface area (Å²) < 4.78 is 0. The van der Waals surface area contributed by atoms with Gasteiger partial charge in [-0.1, -0.05) is 13.8 Å². The number of hydrogen-bond donors (Lipinski definition) is 2. The molecule has 0 fully saturated rings. The number of hydrogen-bond acceptors (Lipinski definition) is 5. The molecule has 1 amide bonds. The molecular formula is C14H15N5OS. The van der Waals surface area contributed by atoms with E-state index in [0.29, 0.717) is 18.0 Å². The second-order valence-electron chi connectivity index (χ2n) is 5.03. The SMILES string of the molecule is CC(C)c1csc(CNC(=O)c2cnc3cn[nH]c3c2)n1. The molecule has 0 atom stereocenters. The molecule has 108 valence electrons. The van der Waals surface area contributed by atoms with Crippen LogP contribution in [0.1, 0.15) is 40.8 Å². The summed E-state index contributed by atoms with van der Waals surface area (Å²) in [5.41, 5.74) is 3.06. The summed E-state index contributed by atoms with van der Waals surface area (Å²) >= 11 is 1.56. The molecule has 0 aliphatic rings. The first-order chi connectivity index (χ1) is 10.1. The molecule has 3 aromatic heterocycles. The highest BCUT2D eigenvalue weighted by Crippen LogP contribution is 2.17. The van der Waals surface area contributed by atoms with Crippen LogP contribution in [-0.4, -0.2) is 26.1 Å². The Hall–Kier alpha value is -2.28. The van der Waals surface area contributed by atoms with Gasteiger partial charge >= 0.3 is 0 Å². The van der Waals surface area contributed by atoms with Crippen molar-refractivity contribution in [2.75, 3.05) is 0 Å². The molecule has 0 radical (unpaired) electrons. The van der Waals surface area contributed by atoms with Crippen LogP contribution in [0.3, 0.4) is 0 Å². The minimum Gasteiger partial charge on any atom is -0.345 e. The van der Waals surface area contributed by atoms with E-state index in [1.54, 1.807) is 29.8 Å². The van der Waals surface area contributed by atoms with Crippen molar-refractivity contribution in [3.63, 3.8) is 0 Å². The lowest BCUT2D eigenvalue weighted by Crippen LogP contribution is -2.22. The lowest BCUT2D eigenvalue weighted by atomic mass is 10.2. The van der Waals surface area contributed by atoms with E-state index in [9.17, 15) is 4.79 Å². The van der Waals surface area contributed by atoms with Crippen molar-refractivity contribution in [3.05, 3.63) is 40.1 Å². The van der Waals surface area contributed by atoms with Gasteiger partial charge in [0.1, 0.15) is 10.5 Å². The van der Waals surface area contributed by atoms with E-state index in [4.69, 9.17) is 0 Å². The van der Waals surface area contributed by atoms with Crippen molar-refractivity contribution in [2.45, 2.75) is 26.3 Å². The van der Waals surface area contributed by atoms with Crippen LogP contribution < -0.4 is 5.32 Å². The lowest BCUT2D eigenvalue weighted by Gasteiger charge is -2.03. The fourth-order valence-corrected chi connectivity index (χ4v) is 2.78. The van der Waals surface area contributed by atoms with Crippen molar-refractivity contribution < 1.29 is 4.79 Å². The molecular weight excluding hydrogens is 286 g/mol. The molecule has 0 spiro atoms. The molecule has 3 heterocycles. The average Bonchev–Trinajstić information content (AvgIpc) is 3.12. The molecule has 0 aliphatic carbocycles. The Kier molecular flexibility index (Phi) is 3.66. The second-order valence-corrected chi connectivity index (χ2v) is 5.97. The first-order valence-corrected chi connectivity index (χ1v) is 7.53. The van der Waals surface area contributed by atoms with E-state index >= 15 is 0 Å². The summed E-state index contributed by atoms with van der Waals surface area (Å²) in [6.07, 6.45) is 3.18. The number of carbonyl (C=O) groups is 1. The van der Waals surface area contributed by atoms with Crippen LogP contribution in [0.4, 0.5) is 0 Å². The number of nitrogens with zero attached hydrogens (tertiary/aromatic N) is 3. The van der Waals surface area contributed by atoms with E-state index in [-0.39, 0.29) is 5.91 Å². The highest BCUT2D eigenvalue weighted by Gasteiger charge is 2.10. The molecule has 0 aliphatic heterocycles. The maximum Gasteiger partial charge on any atom is 0.253 e. The zero-order valence-electron chi connectivity index (χ0n) is 11.8. The van der Waals surface area contributed by atoms with Crippen molar-refractivity contribution >= 4 is 28.3 Å². The summed E-state index contributed by atoms with van der Waals surface area (Å²) in [7, 11) is 0. The molecule has 21 heavy (non-hydrogen) atoms. The summed E-state index contributed by atoms with van der Waals surface area (Å²) in [6, 6.07) is 1.74. The van der Waals surface area contributed by atoms with Crippen LogP contribution in [0.15, 0.2) is 23.8 Å². The van der Waals surface area contributed by atoms with Crippen LogP contribution in [0.2, 0.25) is 0 Å². The standard InChI is InChI=1S/C14H15N5OS/c1-8(2)12-7-21-13(18-12)6-16-14(20)9-3-10-11(15-4-9)5-17-19-10/h3-5,7-8H,6H2,1-2H3,(H,16,20)(H,17,19). The number of rotatable bonds is 4. The van der Waals surface area contributed by atoms with Crippen molar-refractivity contribution in [3.8, 4) is 0 Å². The van der Waals surface area contributed by atoms with Gasteiger partial charge in [-0.2, -0.15) is 5.10 Å². The van der Waals surface area contributed by atoms with Crippen molar-refractivity contribution in [1.82, 2.24) is 25.5 Å². The zero-order valence-corrected chi connectivity index (χ0v) is 12.6. The highest BCUT2D eigenvalue weighted by atomic mass is 32.1. The Labute approximate surface area is 125 Å². The van der Waals surface area contributed by atoms with Crippen LogP contribution in [0, 0.1) is 0 Å².